The monoisotopic (exact) mass is 164 g/mol. The number of halogens is 1. The van der Waals surface area contributed by atoms with Gasteiger partial charge in [0.15, 0.2) is 6.10 Å². The summed E-state index contributed by atoms with van der Waals surface area (Å²) in [6.45, 7) is -0.107. The minimum Gasteiger partial charge on any atom is -0.395 e. The van der Waals surface area contributed by atoms with Gasteiger partial charge in [-0.2, -0.15) is 0 Å². The molecule has 1 heterocycles. The van der Waals surface area contributed by atoms with Crippen molar-refractivity contribution in [2.45, 2.75) is 18.6 Å². The summed E-state index contributed by atoms with van der Waals surface area (Å²) < 4.78 is 0. The van der Waals surface area contributed by atoms with Gasteiger partial charge in [-0.15, -0.1) is 0 Å². The molecule has 1 unspecified atom stereocenters. The van der Waals surface area contributed by atoms with Crippen molar-refractivity contribution in [3.05, 3.63) is 0 Å². The van der Waals surface area contributed by atoms with E-state index in [0.29, 0.717) is 11.6 Å². The van der Waals surface area contributed by atoms with Gasteiger partial charge in [0.05, 0.1) is 12.6 Å². The van der Waals surface area contributed by atoms with Crippen molar-refractivity contribution < 1.29 is 9.94 Å². The van der Waals surface area contributed by atoms with Crippen molar-refractivity contribution in [2.24, 2.45) is 10.9 Å². The fraction of sp³-hybridized carbons (Fsp3) is 0.800. The SMILES string of the molecule is N[C@@H](CO)C1CC(Cl)=NO1. The number of nitrogens with zero attached hydrogens (tertiary/aromatic N) is 1. The summed E-state index contributed by atoms with van der Waals surface area (Å²) in [4.78, 5) is 4.79. The van der Waals surface area contributed by atoms with E-state index in [1.54, 1.807) is 0 Å². The lowest BCUT2D eigenvalue weighted by molar-refractivity contribution is 0.0484. The molecule has 0 saturated heterocycles. The van der Waals surface area contributed by atoms with Gasteiger partial charge in [0.1, 0.15) is 5.17 Å². The molecule has 0 amide bonds. The van der Waals surface area contributed by atoms with Crippen LogP contribution in [0, 0.1) is 0 Å². The summed E-state index contributed by atoms with van der Waals surface area (Å²) in [5, 5.41) is 12.5. The molecule has 0 aliphatic carbocycles. The lowest BCUT2D eigenvalue weighted by atomic mass is 10.1. The third-order valence-corrected chi connectivity index (χ3v) is 1.57. The van der Waals surface area contributed by atoms with Gasteiger partial charge in [-0.25, -0.2) is 0 Å². The number of aliphatic hydroxyl groups is 1. The first kappa shape index (κ1) is 7.78. The highest BCUT2D eigenvalue weighted by Crippen LogP contribution is 2.14. The van der Waals surface area contributed by atoms with E-state index in [0.717, 1.165) is 0 Å². The maximum atomic E-state index is 8.58. The first-order valence-electron chi connectivity index (χ1n) is 2.98. The third-order valence-electron chi connectivity index (χ3n) is 1.35. The standard InChI is InChI=1S/C5H9ClN2O2/c6-5-1-4(10-8-5)3(7)2-9/h3-4,9H,1-2,7H2/t3-,4?/m0/s1. The van der Waals surface area contributed by atoms with Gasteiger partial charge in [-0.3, -0.25) is 0 Å². The molecule has 4 nitrogen and oxygen atoms in total. The van der Waals surface area contributed by atoms with Crippen LogP contribution in [0.3, 0.4) is 0 Å². The second kappa shape index (κ2) is 3.18. The average molecular weight is 165 g/mol. The maximum absolute atomic E-state index is 8.58. The number of hydrogen-bond donors (Lipinski definition) is 2. The molecule has 0 fully saturated rings. The molecule has 0 saturated carbocycles. The highest BCUT2D eigenvalue weighted by atomic mass is 35.5. The van der Waals surface area contributed by atoms with Crippen LogP contribution in [0.5, 0.6) is 0 Å². The van der Waals surface area contributed by atoms with Crippen LogP contribution in [-0.2, 0) is 4.84 Å². The highest BCUT2D eigenvalue weighted by molar-refractivity contribution is 6.65. The minimum absolute atomic E-state index is 0.107. The molecule has 0 aromatic carbocycles. The zero-order valence-corrected chi connectivity index (χ0v) is 6.08. The Morgan fingerprint density at radius 1 is 2.00 bits per heavy atom. The van der Waals surface area contributed by atoms with Crippen molar-refractivity contribution in [3.63, 3.8) is 0 Å². The second-order valence-corrected chi connectivity index (χ2v) is 2.60. The van der Waals surface area contributed by atoms with Gasteiger partial charge in [0, 0.05) is 6.42 Å². The molecular formula is C5H9ClN2O2. The Kier molecular flexibility index (Phi) is 2.48. The number of rotatable bonds is 2. The van der Waals surface area contributed by atoms with Crippen molar-refractivity contribution in [3.8, 4) is 0 Å². The zero-order chi connectivity index (χ0) is 7.56. The van der Waals surface area contributed by atoms with E-state index in [4.69, 9.17) is 27.3 Å². The van der Waals surface area contributed by atoms with Crippen molar-refractivity contribution >= 4 is 16.8 Å². The summed E-state index contributed by atoms with van der Waals surface area (Å²) in [5.74, 6) is 0. The van der Waals surface area contributed by atoms with Crippen LogP contribution in [0.15, 0.2) is 5.16 Å². The Hall–Kier alpha value is -0.320. The number of hydrogen-bond acceptors (Lipinski definition) is 4. The van der Waals surface area contributed by atoms with E-state index in [9.17, 15) is 0 Å². The van der Waals surface area contributed by atoms with Crippen LogP contribution >= 0.6 is 11.6 Å². The number of aliphatic hydroxyl groups excluding tert-OH is 1. The highest BCUT2D eigenvalue weighted by Gasteiger charge is 2.25. The predicted octanol–water partition coefficient (Wildman–Crippen LogP) is -0.353. The molecule has 0 spiro atoms. The summed E-state index contributed by atoms with van der Waals surface area (Å²) in [6.07, 6.45) is 0.251. The Labute approximate surface area is 63.6 Å². The van der Waals surface area contributed by atoms with Crippen LogP contribution in [0.4, 0.5) is 0 Å². The third kappa shape index (κ3) is 1.59. The molecule has 5 heteroatoms. The maximum Gasteiger partial charge on any atom is 0.151 e. The normalized spacial score (nSPS) is 27.5. The van der Waals surface area contributed by atoms with Crippen LogP contribution in [-0.4, -0.2) is 29.0 Å². The molecular weight excluding hydrogens is 156 g/mol. The molecule has 1 aliphatic heterocycles. The van der Waals surface area contributed by atoms with Crippen LogP contribution in [0.2, 0.25) is 0 Å². The van der Waals surface area contributed by atoms with Crippen molar-refractivity contribution in [1.82, 2.24) is 0 Å². The van der Waals surface area contributed by atoms with E-state index in [2.05, 4.69) is 5.16 Å². The van der Waals surface area contributed by atoms with Crippen molar-refractivity contribution in [2.75, 3.05) is 6.61 Å². The van der Waals surface area contributed by atoms with Gasteiger partial charge < -0.3 is 15.7 Å². The quantitative estimate of drug-likeness (QED) is 0.586. The topological polar surface area (TPSA) is 67.8 Å². The second-order valence-electron chi connectivity index (χ2n) is 2.16. The lowest BCUT2D eigenvalue weighted by Crippen LogP contribution is -2.37. The molecule has 0 bridgehead atoms. The fourth-order valence-electron chi connectivity index (χ4n) is 0.713. The zero-order valence-electron chi connectivity index (χ0n) is 5.33. The number of oxime groups is 1. The van der Waals surface area contributed by atoms with E-state index >= 15 is 0 Å². The van der Waals surface area contributed by atoms with Gasteiger partial charge in [-0.1, -0.05) is 16.8 Å². The summed E-state index contributed by atoms with van der Waals surface area (Å²) in [6, 6.07) is -0.389. The van der Waals surface area contributed by atoms with E-state index in [1.807, 2.05) is 0 Å². The molecule has 1 aliphatic rings. The number of nitrogens with two attached hydrogens (primary N) is 1. The summed E-state index contributed by atoms with van der Waals surface area (Å²) >= 11 is 5.50. The molecule has 0 aromatic heterocycles. The molecule has 10 heavy (non-hydrogen) atoms. The van der Waals surface area contributed by atoms with Crippen LogP contribution in [0.25, 0.3) is 0 Å². The Balaban J connectivity index is 2.34. The van der Waals surface area contributed by atoms with Gasteiger partial charge in [-0.05, 0) is 0 Å². The van der Waals surface area contributed by atoms with E-state index in [-0.39, 0.29) is 18.8 Å². The minimum atomic E-state index is -0.389. The fourth-order valence-corrected chi connectivity index (χ4v) is 0.904. The van der Waals surface area contributed by atoms with Crippen LogP contribution < -0.4 is 5.73 Å². The molecule has 58 valence electrons. The molecule has 0 radical (unpaired) electrons. The largest absolute Gasteiger partial charge is 0.395 e. The van der Waals surface area contributed by atoms with Gasteiger partial charge in [0.25, 0.3) is 0 Å². The lowest BCUT2D eigenvalue weighted by Gasteiger charge is -2.13. The van der Waals surface area contributed by atoms with Gasteiger partial charge >= 0.3 is 0 Å². The van der Waals surface area contributed by atoms with Gasteiger partial charge in [0.2, 0.25) is 0 Å². The molecule has 2 atom stereocenters. The van der Waals surface area contributed by atoms with E-state index < -0.39 is 0 Å². The molecule has 0 aromatic rings. The van der Waals surface area contributed by atoms with Crippen molar-refractivity contribution in [1.29, 1.82) is 0 Å². The summed E-state index contributed by atoms with van der Waals surface area (Å²) in [7, 11) is 0. The summed E-state index contributed by atoms with van der Waals surface area (Å²) in [5.41, 5.74) is 5.43. The van der Waals surface area contributed by atoms with Crippen LogP contribution in [0.1, 0.15) is 6.42 Å². The first-order valence-corrected chi connectivity index (χ1v) is 3.36. The first-order chi connectivity index (χ1) is 4.74. The predicted molar refractivity (Wildman–Crippen MR) is 37.8 cm³/mol. The Morgan fingerprint density at radius 2 is 2.70 bits per heavy atom. The Bertz CT molecular complexity index is 151. The molecule has 3 N–H and O–H groups in total. The average Bonchev–Trinajstić information content (AvgIpc) is 2.34. The Morgan fingerprint density at radius 3 is 3.10 bits per heavy atom. The smallest absolute Gasteiger partial charge is 0.151 e. The molecule has 1 rings (SSSR count). The van der Waals surface area contributed by atoms with E-state index in [1.165, 1.54) is 0 Å².